The normalized spacial score (nSPS) is 11.9. The predicted octanol–water partition coefficient (Wildman–Crippen LogP) is 36.6. The fourth-order valence-electron chi connectivity index (χ4n) is 22.4. The molecule has 0 aliphatic heterocycles. The Balaban J connectivity index is 0.000000138. The van der Waals surface area contributed by atoms with Crippen LogP contribution < -0.4 is 0 Å². The van der Waals surface area contributed by atoms with Gasteiger partial charge in [-0.2, -0.15) is 0 Å². The Labute approximate surface area is 775 Å². The van der Waals surface area contributed by atoms with Crippen LogP contribution in [0, 0.1) is 0 Å². The van der Waals surface area contributed by atoms with Gasteiger partial charge in [0.2, 0.25) is 0 Å². The molecule has 26 aromatic carbocycles. The number of nitrogens with zero attached hydrogens (tertiary/aromatic N) is 2. The Bertz CT molecular complexity index is 9360. The molecule has 28 aromatic rings. The van der Waals surface area contributed by atoms with Gasteiger partial charge in [-0.05, 0) is 325 Å². The lowest BCUT2D eigenvalue weighted by atomic mass is 9.85. The topological polar surface area (TPSA) is 9.86 Å². The Kier molecular flexibility index (Phi) is 17.8. The van der Waals surface area contributed by atoms with Crippen molar-refractivity contribution >= 4 is 151 Å². The first kappa shape index (κ1) is 76.5. The summed E-state index contributed by atoms with van der Waals surface area (Å²) in [5, 5.41) is 35.6. The summed E-state index contributed by atoms with van der Waals surface area (Å²) in [5.41, 5.74) is 26.2. The van der Waals surface area contributed by atoms with Crippen molar-refractivity contribution in [2.24, 2.45) is 0 Å². The molecule has 0 amide bonds. The minimum absolute atomic E-state index is 1.12. The van der Waals surface area contributed by atoms with E-state index in [4.69, 9.17) is 0 Å². The zero-order chi connectivity index (χ0) is 88.0. The highest BCUT2D eigenvalue weighted by atomic mass is 15.0. The Hall–Kier alpha value is -17.6. The largest absolute Gasteiger partial charge is 0.309 e. The molecule has 0 bridgehead atoms. The standard InChI is InChI=1S/C70H41N.C62H41N/c1-3-14-42(15-4-1)65-36-37-66(43-16-5-2-6-17-43)71(65)48-38-47-40-62-46(22-11-23-49(62)50-32-34-60-56-26-9-20-44-18-7-24-54(67(44)56)58-30-12-28-52(50)69(58)60)39-63(47)64(41-48)51-33-35-61-57-27-10-21-45-19-8-25-55(68(45)57)59-31-13-29-53(51)70(59)61;1-3-14-48(15-4-1)61-34-35-62(49-16-5-2-6-17-49)63(61)56-38-55-40-58-54(20-11-21-57(58)46-28-22-44(23-29-46)52-32-26-42-12-7-9-18-50(42)36-52)39-59(55)60(41-56)47-30-24-45(25-31-47)53-33-27-43-13-8-10-19-51(43)37-53/h1-41H;1-41H. The second-order valence-corrected chi connectivity index (χ2v) is 36.0. The van der Waals surface area contributed by atoms with Crippen LogP contribution in [0.25, 0.3) is 274 Å². The number of rotatable bonds is 12. The van der Waals surface area contributed by atoms with Gasteiger partial charge < -0.3 is 9.13 Å². The second-order valence-electron chi connectivity index (χ2n) is 36.0. The minimum Gasteiger partial charge on any atom is -0.309 e. The van der Waals surface area contributed by atoms with Crippen molar-refractivity contribution in [1.82, 2.24) is 9.13 Å². The maximum absolute atomic E-state index is 2.48. The average molecular weight is 1700 g/mol. The molecule has 0 fully saturated rings. The van der Waals surface area contributed by atoms with Gasteiger partial charge in [0, 0.05) is 11.4 Å². The van der Waals surface area contributed by atoms with Gasteiger partial charge in [-0.1, -0.05) is 413 Å². The lowest BCUT2D eigenvalue weighted by Gasteiger charge is -2.21. The van der Waals surface area contributed by atoms with Crippen molar-refractivity contribution in [3.05, 3.63) is 497 Å². The van der Waals surface area contributed by atoms with Crippen molar-refractivity contribution in [2.45, 2.75) is 0 Å². The molecule has 2 heteroatoms. The number of benzene rings is 26. The maximum atomic E-state index is 2.48. The summed E-state index contributed by atoms with van der Waals surface area (Å²) in [7, 11) is 0. The molecule has 0 unspecified atom stereocenters. The van der Waals surface area contributed by atoms with E-state index in [1.807, 2.05) is 0 Å². The van der Waals surface area contributed by atoms with E-state index in [9.17, 15) is 0 Å². The minimum atomic E-state index is 1.12. The smallest absolute Gasteiger partial charge is 0.0535 e. The van der Waals surface area contributed by atoms with Crippen LogP contribution in [0.15, 0.2) is 497 Å². The lowest BCUT2D eigenvalue weighted by Crippen LogP contribution is -2.01. The van der Waals surface area contributed by atoms with Gasteiger partial charge in [0.15, 0.2) is 0 Å². The highest BCUT2D eigenvalue weighted by Gasteiger charge is 2.25. The first-order valence-corrected chi connectivity index (χ1v) is 46.5. The molecule has 134 heavy (non-hydrogen) atoms. The quantitative estimate of drug-likeness (QED) is 0.0852. The van der Waals surface area contributed by atoms with E-state index in [2.05, 4.69) is 507 Å². The zero-order valence-electron chi connectivity index (χ0n) is 73.2. The Morgan fingerprint density at radius 1 is 0.104 bits per heavy atom. The third-order valence-corrected chi connectivity index (χ3v) is 28.6. The maximum Gasteiger partial charge on any atom is 0.0535 e. The number of hydrogen-bond acceptors (Lipinski definition) is 0. The van der Waals surface area contributed by atoms with E-state index < -0.39 is 0 Å². The monoisotopic (exact) mass is 1690 g/mol. The number of hydrogen-bond donors (Lipinski definition) is 0. The highest BCUT2D eigenvalue weighted by molar-refractivity contribution is 6.36. The van der Waals surface area contributed by atoms with Crippen LogP contribution in [0.2, 0.25) is 0 Å². The molecular formula is C132H82N2. The fourth-order valence-corrected chi connectivity index (χ4v) is 22.4. The molecule has 0 aliphatic rings. The summed E-state index contributed by atoms with van der Waals surface area (Å²) in [6.45, 7) is 0. The molecule has 0 aliphatic carbocycles. The van der Waals surface area contributed by atoms with Crippen LogP contribution in [0.4, 0.5) is 0 Å². The molecule has 2 nitrogen and oxygen atoms in total. The Morgan fingerprint density at radius 3 is 0.806 bits per heavy atom. The van der Waals surface area contributed by atoms with Gasteiger partial charge in [0.25, 0.3) is 0 Å². The molecule has 2 aromatic heterocycles. The summed E-state index contributed by atoms with van der Waals surface area (Å²) in [6, 6.07) is 185. The van der Waals surface area contributed by atoms with Crippen molar-refractivity contribution in [1.29, 1.82) is 0 Å². The summed E-state index contributed by atoms with van der Waals surface area (Å²) in [4.78, 5) is 0. The average Bonchev–Trinajstić information content (AvgIpc) is 0.874. The predicted molar refractivity (Wildman–Crippen MR) is 573 cm³/mol. The van der Waals surface area contributed by atoms with Crippen LogP contribution in [0.3, 0.4) is 0 Å². The molecule has 0 saturated carbocycles. The van der Waals surface area contributed by atoms with Crippen LogP contribution in [0.5, 0.6) is 0 Å². The fraction of sp³-hybridized carbons (Fsp3) is 0. The van der Waals surface area contributed by atoms with Crippen molar-refractivity contribution < 1.29 is 0 Å². The van der Waals surface area contributed by atoms with Gasteiger partial charge in [0.05, 0.1) is 22.8 Å². The number of fused-ring (bicyclic) bond motifs is 10. The SMILES string of the molecule is c1ccc(-c2ccc(-c3ccccc3)n2-c2cc(-c3ccc(-c4ccc5ccccc5c4)cc3)c3cc4cccc(-c5ccc(-c6ccc7ccccc7c6)cc5)c4cc3c2)cc1.c1ccc(-c2ccc(-c3ccccc3)n2-c2cc(-c3ccc4c5cccc6cccc(c7cccc3c74)c65)c3cc4cccc(-c5ccc6c7cccc8cccc(c9cccc5c96)c87)c4cc3c2)cc1. The molecule has 0 spiro atoms. The summed E-state index contributed by atoms with van der Waals surface area (Å²) in [6.07, 6.45) is 0. The summed E-state index contributed by atoms with van der Waals surface area (Å²) in [5.74, 6) is 0. The number of aromatic nitrogens is 2. The third kappa shape index (κ3) is 12.6. The van der Waals surface area contributed by atoms with Crippen molar-refractivity contribution in [3.8, 4) is 123 Å². The molecule has 0 saturated heterocycles. The van der Waals surface area contributed by atoms with Crippen molar-refractivity contribution in [3.63, 3.8) is 0 Å². The molecular weight excluding hydrogens is 1610 g/mol. The Morgan fingerprint density at radius 2 is 0.381 bits per heavy atom. The third-order valence-electron chi connectivity index (χ3n) is 28.6. The van der Waals surface area contributed by atoms with Crippen LogP contribution in [-0.4, -0.2) is 9.13 Å². The summed E-state index contributed by atoms with van der Waals surface area (Å²) < 4.78 is 4.93. The van der Waals surface area contributed by atoms with E-state index in [0.717, 1.165) is 34.2 Å². The zero-order valence-corrected chi connectivity index (χ0v) is 73.2. The van der Waals surface area contributed by atoms with Gasteiger partial charge in [-0.3, -0.25) is 0 Å². The molecule has 0 atom stereocenters. The molecule has 620 valence electrons. The second kappa shape index (κ2) is 31.1. The molecule has 0 N–H and O–H groups in total. The lowest BCUT2D eigenvalue weighted by molar-refractivity contribution is 1.10. The van der Waals surface area contributed by atoms with Crippen LogP contribution in [0.1, 0.15) is 0 Å². The van der Waals surface area contributed by atoms with Gasteiger partial charge in [0.1, 0.15) is 0 Å². The van der Waals surface area contributed by atoms with Crippen LogP contribution >= 0.6 is 0 Å². The van der Waals surface area contributed by atoms with Gasteiger partial charge in [-0.15, -0.1) is 0 Å². The first-order chi connectivity index (χ1) is 66.4. The summed E-state index contributed by atoms with van der Waals surface area (Å²) >= 11 is 0. The van der Waals surface area contributed by atoms with Crippen LogP contribution in [-0.2, 0) is 0 Å². The van der Waals surface area contributed by atoms with Crippen molar-refractivity contribution in [2.75, 3.05) is 0 Å². The van der Waals surface area contributed by atoms with E-state index in [1.54, 1.807) is 0 Å². The van der Waals surface area contributed by atoms with Gasteiger partial charge in [-0.25, -0.2) is 0 Å². The molecule has 28 rings (SSSR count). The first-order valence-electron chi connectivity index (χ1n) is 46.5. The van der Waals surface area contributed by atoms with E-state index in [-0.39, 0.29) is 0 Å². The van der Waals surface area contributed by atoms with E-state index in [0.29, 0.717) is 0 Å². The van der Waals surface area contributed by atoms with E-state index >= 15 is 0 Å². The van der Waals surface area contributed by atoms with Gasteiger partial charge >= 0.3 is 0 Å². The van der Waals surface area contributed by atoms with E-state index in [1.165, 1.54) is 240 Å². The molecule has 0 radical (unpaired) electrons. The molecule has 2 heterocycles. The highest BCUT2D eigenvalue weighted by Crippen LogP contribution is 2.51.